The predicted molar refractivity (Wildman–Crippen MR) is 49.0 cm³/mol. The van der Waals surface area contributed by atoms with Gasteiger partial charge in [0.05, 0.1) is 6.61 Å². The van der Waals surface area contributed by atoms with Crippen molar-refractivity contribution in [2.75, 3.05) is 19.7 Å². The number of aliphatic hydroxyl groups is 1. The molecule has 2 N–H and O–H groups in total. The van der Waals surface area contributed by atoms with Gasteiger partial charge in [0.15, 0.2) is 0 Å². The summed E-state index contributed by atoms with van der Waals surface area (Å²) in [5.41, 5.74) is 0.260. The van der Waals surface area contributed by atoms with Crippen molar-refractivity contribution in [1.82, 2.24) is 5.32 Å². The summed E-state index contributed by atoms with van der Waals surface area (Å²) in [7, 11) is 0. The van der Waals surface area contributed by atoms with Crippen molar-refractivity contribution in [3.05, 3.63) is 0 Å². The first-order valence-electron chi connectivity index (χ1n) is 5.19. The van der Waals surface area contributed by atoms with Crippen LogP contribution in [0.2, 0.25) is 0 Å². The minimum Gasteiger partial charge on any atom is -0.396 e. The Morgan fingerprint density at radius 3 is 3.00 bits per heavy atom. The molecular weight excluding hydrogens is 150 g/mol. The summed E-state index contributed by atoms with van der Waals surface area (Å²) in [6.07, 6.45) is 6.56. The van der Waals surface area contributed by atoms with Gasteiger partial charge in [-0.05, 0) is 31.7 Å². The molecule has 70 valence electrons. The zero-order valence-electron chi connectivity index (χ0n) is 7.68. The third-order valence-electron chi connectivity index (χ3n) is 3.80. The molecule has 0 bridgehead atoms. The molecule has 0 spiro atoms. The number of hydrogen-bond acceptors (Lipinski definition) is 2. The molecule has 2 aliphatic rings. The standard InChI is InChI=1S/C10H19NO/c12-8-10-5-2-1-3-9(10)4-6-11-7-10/h9,11-12H,1-8H2. The van der Waals surface area contributed by atoms with Crippen LogP contribution >= 0.6 is 0 Å². The smallest absolute Gasteiger partial charge is 0.0502 e. The van der Waals surface area contributed by atoms with E-state index in [1.807, 2.05) is 0 Å². The van der Waals surface area contributed by atoms with E-state index in [2.05, 4.69) is 5.32 Å². The Labute approximate surface area is 74.4 Å². The Morgan fingerprint density at radius 2 is 2.25 bits per heavy atom. The zero-order valence-corrected chi connectivity index (χ0v) is 7.68. The number of nitrogens with one attached hydrogen (secondary N) is 1. The summed E-state index contributed by atoms with van der Waals surface area (Å²) < 4.78 is 0. The number of fused-ring (bicyclic) bond motifs is 1. The van der Waals surface area contributed by atoms with Gasteiger partial charge in [-0.3, -0.25) is 0 Å². The first kappa shape index (κ1) is 8.52. The number of piperidine rings is 1. The fourth-order valence-electron chi connectivity index (χ4n) is 2.94. The molecule has 2 nitrogen and oxygen atoms in total. The summed E-state index contributed by atoms with van der Waals surface area (Å²) >= 11 is 0. The third kappa shape index (κ3) is 1.27. The van der Waals surface area contributed by atoms with E-state index in [4.69, 9.17) is 0 Å². The minimum atomic E-state index is 0.260. The van der Waals surface area contributed by atoms with Gasteiger partial charge < -0.3 is 10.4 Å². The average Bonchev–Trinajstić information content (AvgIpc) is 2.18. The van der Waals surface area contributed by atoms with Gasteiger partial charge >= 0.3 is 0 Å². The molecule has 1 saturated heterocycles. The van der Waals surface area contributed by atoms with Crippen LogP contribution in [0.1, 0.15) is 32.1 Å². The van der Waals surface area contributed by atoms with Crippen molar-refractivity contribution < 1.29 is 5.11 Å². The maximum absolute atomic E-state index is 9.44. The number of aliphatic hydroxyl groups excluding tert-OH is 1. The normalized spacial score (nSPS) is 42.2. The SMILES string of the molecule is OCC12CCCCC1CCNC2. The van der Waals surface area contributed by atoms with E-state index >= 15 is 0 Å². The highest BCUT2D eigenvalue weighted by atomic mass is 16.3. The van der Waals surface area contributed by atoms with Crippen LogP contribution < -0.4 is 5.32 Å². The summed E-state index contributed by atoms with van der Waals surface area (Å²) in [6, 6.07) is 0. The number of rotatable bonds is 1. The molecule has 2 unspecified atom stereocenters. The molecule has 0 aromatic heterocycles. The second kappa shape index (κ2) is 3.35. The molecular formula is C10H19NO. The second-order valence-corrected chi connectivity index (χ2v) is 4.43. The maximum Gasteiger partial charge on any atom is 0.0502 e. The minimum absolute atomic E-state index is 0.260. The van der Waals surface area contributed by atoms with Crippen LogP contribution in [0, 0.1) is 11.3 Å². The van der Waals surface area contributed by atoms with Gasteiger partial charge in [0.25, 0.3) is 0 Å². The monoisotopic (exact) mass is 169 g/mol. The Morgan fingerprint density at radius 1 is 1.33 bits per heavy atom. The van der Waals surface area contributed by atoms with Gasteiger partial charge in [0.2, 0.25) is 0 Å². The molecule has 0 amide bonds. The van der Waals surface area contributed by atoms with Crippen molar-refractivity contribution in [1.29, 1.82) is 0 Å². The Kier molecular flexibility index (Phi) is 2.37. The van der Waals surface area contributed by atoms with Gasteiger partial charge in [-0.25, -0.2) is 0 Å². The van der Waals surface area contributed by atoms with Crippen LogP contribution in [0.5, 0.6) is 0 Å². The third-order valence-corrected chi connectivity index (χ3v) is 3.80. The lowest BCUT2D eigenvalue weighted by atomic mass is 9.64. The lowest BCUT2D eigenvalue weighted by Crippen LogP contribution is -2.50. The highest BCUT2D eigenvalue weighted by Gasteiger charge is 2.41. The summed E-state index contributed by atoms with van der Waals surface area (Å²) in [6.45, 7) is 2.60. The van der Waals surface area contributed by atoms with Crippen LogP contribution in [0.4, 0.5) is 0 Å². The highest BCUT2D eigenvalue weighted by molar-refractivity contribution is 4.94. The van der Waals surface area contributed by atoms with E-state index in [1.165, 1.54) is 32.1 Å². The first-order chi connectivity index (χ1) is 5.87. The molecule has 1 aliphatic heterocycles. The molecule has 0 aromatic rings. The summed E-state index contributed by atoms with van der Waals surface area (Å²) in [5.74, 6) is 0.803. The van der Waals surface area contributed by atoms with Gasteiger partial charge in [-0.2, -0.15) is 0 Å². The van der Waals surface area contributed by atoms with E-state index in [0.29, 0.717) is 6.61 Å². The first-order valence-corrected chi connectivity index (χ1v) is 5.19. The zero-order chi connectivity index (χ0) is 8.44. The molecule has 12 heavy (non-hydrogen) atoms. The Bertz CT molecular complexity index is 146. The average molecular weight is 169 g/mol. The van der Waals surface area contributed by atoms with E-state index in [0.717, 1.165) is 19.0 Å². The van der Waals surface area contributed by atoms with E-state index in [1.54, 1.807) is 0 Å². The molecule has 0 radical (unpaired) electrons. The van der Waals surface area contributed by atoms with Crippen LogP contribution in [0.15, 0.2) is 0 Å². The molecule has 0 aromatic carbocycles. The Hall–Kier alpha value is -0.0800. The van der Waals surface area contributed by atoms with E-state index in [9.17, 15) is 5.11 Å². The fourth-order valence-corrected chi connectivity index (χ4v) is 2.94. The molecule has 1 aliphatic carbocycles. The topological polar surface area (TPSA) is 32.3 Å². The largest absolute Gasteiger partial charge is 0.396 e. The van der Waals surface area contributed by atoms with Gasteiger partial charge in [-0.15, -0.1) is 0 Å². The van der Waals surface area contributed by atoms with Crippen molar-refractivity contribution in [3.8, 4) is 0 Å². The summed E-state index contributed by atoms with van der Waals surface area (Å²) in [5, 5.41) is 12.9. The van der Waals surface area contributed by atoms with Crippen molar-refractivity contribution in [2.45, 2.75) is 32.1 Å². The maximum atomic E-state index is 9.44. The van der Waals surface area contributed by atoms with Crippen LogP contribution in [-0.2, 0) is 0 Å². The van der Waals surface area contributed by atoms with Crippen LogP contribution in [-0.4, -0.2) is 24.8 Å². The van der Waals surface area contributed by atoms with Crippen molar-refractivity contribution in [2.24, 2.45) is 11.3 Å². The van der Waals surface area contributed by atoms with Gasteiger partial charge in [0.1, 0.15) is 0 Å². The highest BCUT2D eigenvalue weighted by Crippen LogP contribution is 2.43. The van der Waals surface area contributed by atoms with Crippen molar-refractivity contribution >= 4 is 0 Å². The fraction of sp³-hybridized carbons (Fsp3) is 1.00. The van der Waals surface area contributed by atoms with Gasteiger partial charge in [-0.1, -0.05) is 12.8 Å². The van der Waals surface area contributed by atoms with Gasteiger partial charge in [0, 0.05) is 12.0 Å². The van der Waals surface area contributed by atoms with E-state index < -0.39 is 0 Å². The summed E-state index contributed by atoms with van der Waals surface area (Å²) in [4.78, 5) is 0. The van der Waals surface area contributed by atoms with Crippen LogP contribution in [0.3, 0.4) is 0 Å². The lowest BCUT2D eigenvalue weighted by molar-refractivity contribution is 0.00244. The predicted octanol–water partition coefficient (Wildman–Crippen LogP) is 1.15. The molecule has 2 rings (SSSR count). The van der Waals surface area contributed by atoms with E-state index in [-0.39, 0.29) is 5.41 Å². The Balaban J connectivity index is 2.10. The molecule has 2 heteroatoms. The van der Waals surface area contributed by atoms with Crippen molar-refractivity contribution in [3.63, 3.8) is 0 Å². The quantitative estimate of drug-likeness (QED) is 0.617. The van der Waals surface area contributed by atoms with Crippen LogP contribution in [0.25, 0.3) is 0 Å². The molecule has 2 fully saturated rings. The molecule has 1 saturated carbocycles. The second-order valence-electron chi connectivity index (χ2n) is 4.43. The molecule has 2 atom stereocenters. The number of hydrogen-bond donors (Lipinski definition) is 2. The molecule has 1 heterocycles. The lowest BCUT2D eigenvalue weighted by Gasteiger charge is -2.46.